The summed E-state index contributed by atoms with van der Waals surface area (Å²) in [7, 11) is -0.324. The van der Waals surface area contributed by atoms with Crippen LogP contribution in [0.4, 0.5) is 0 Å². The van der Waals surface area contributed by atoms with E-state index in [0.717, 1.165) is 5.56 Å². The molecule has 0 aliphatic rings. The Morgan fingerprint density at radius 3 is 2.14 bits per heavy atom. The molecular formula is C9H12BrO3P. The summed E-state index contributed by atoms with van der Waals surface area (Å²) in [5.74, 6) is 0. The maximum absolute atomic E-state index is 12.0. The van der Waals surface area contributed by atoms with Gasteiger partial charge in [-0.15, -0.1) is 0 Å². The third-order valence-corrected chi connectivity index (χ3v) is 5.77. The van der Waals surface area contributed by atoms with E-state index >= 15 is 0 Å². The molecule has 78 valence electrons. The van der Waals surface area contributed by atoms with Gasteiger partial charge in [-0.25, -0.2) is 0 Å². The number of benzene rings is 1. The molecule has 1 rings (SSSR count). The van der Waals surface area contributed by atoms with Crippen LogP contribution in [0.5, 0.6) is 0 Å². The molecule has 5 heteroatoms. The second-order valence-corrected chi connectivity index (χ2v) is 6.60. The molecule has 14 heavy (non-hydrogen) atoms. The van der Waals surface area contributed by atoms with Crippen molar-refractivity contribution in [2.24, 2.45) is 0 Å². The lowest BCUT2D eigenvalue weighted by Crippen LogP contribution is -1.96. The number of hydrogen-bond donors (Lipinski definition) is 0. The minimum atomic E-state index is -3.08. The van der Waals surface area contributed by atoms with Gasteiger partial charge in [0.05, 0.1) is 0 Å². The first kappa shape index (κ1) is 11.9. The molecule has 1 unspecified atom stereocenters. The third-order valence-electron chi connectivity index (χ3n) is 1.86. The van der Waals surface area contributed by atoms with Crippen molar-refractivity contribution in [2.45, 2.75) is 4.57 Å². The van der Waals surface area contributed by atoms with E-state index in [1.165, 1.54) is 14.2 Å². The Labute approximate surface area is 92.1 Å². The monoisotopic (exact) mass is 278 g/mol. The highest BCUT2D eigenvalue weighted by atomic mass is 79.9. The fourth-order valence-corrected chi connectivity index (χ4v) is 3.42. The summed E-state index contributed by atoms with van der Waals surface area (Å²) < 4.78 is 21.3. The Morgan fingerprint density at radius 1 is 1.21 bits per heavy atom. The molecule has 0 saturated heterocycles. The molecule has 0 amide bonds. The molecule has 3 nitrogen and oxygen atoms in total. The van der Waals surface area contributed by atoms with Gasteiger partial charge in [-0.3, -0.25) is 4.57 Å². The maximum atomic E-state index is 12.0. The molecule has 0 spiro atoms. The van der Waals surface area contributed by atoms with Crippen LogP contribution in [0.3, 0.4) is 0 Å². The van der Waals surface area contributed by atoms with Crippen LogP contribution in [0.25, 0.3) is 0 Å². The lowest BCUT2D eigenvalue weighted by molar-refractivity contribution is 0.274. The van der Waals surface area contributed by atoms with Gasteiger partial charge in [0.2, 0.25) is 0 Å². The van der Waals surface area contributed by atoms with Crippen LogP contribution in [0.15, 0.2) is 30.3 Å². The van der Waals surface area contributed by atoms with Crippen molar-refractivity contribution in [3.05, 3.63) is 35.9 Å². The van der Waals surface area contributed by atoms with Crippen molar-refractivity contribution in [3.63, 3.8) is 0 Å². The Hall–Kier alpha value is -0.150. The first-order valence-corrected chi connectivity index (χ1v) is 6.57. The summed E-state index contributed by atoms with van der Waals surface area (Å²) in [6.45, 7) is 0. The van der Waals surface area contributed by atoms with Crippen molar-refractivity contribution in [2.75, 3.05) is 14.2 Å². The van der Waals surface area contributed by atoms with Crippen LogP contribution in [0, 0.1) is 0 Å². The van der Waals surface area contributed by atoms with Crippen LogP contribution >= 0.6 is 23.5 Å². The van der Waals surface area contributed by atoms with Gasteiger partial charge in [-0.05, 0) is 5.56 Å². The highest BCUT2D eigenvalue weighted by Crippen LogP contribution is 2.62. The van der Waals surface area contributed by atoms with E-state index in [-0.39, 0.29) is 0 Å². The molecule has 0 aromatic heterocycles. The molecule has 0 heterocycles. The largest absolute Gasteiger partial charge is 0.348 e. The number of hydrogen-bond acceptors (Lipinski definition) is 3. The standard InChI is InChI=1S/C9H12BrO3P/c1-12-14(11,13-2)9(10)8-6-4-3-5-7-8/h3-7,9H,1-2H3. The predicted octanol–water partition coefficient (Wildman–Crippen LogP) is 3.57. The van der Waals surface area contributed by atoms with E-state index in [4.69, 9.17) is 9.05 Å². The summed E-state index contributed by atoms with van der Waals surface area (Å²) in [6, 6.07) is 9.38. The molecule has 1 aromatic rings. The highest BCUT2D eigenvalue weighted by molar-refractivity contribution is 9.10. The Morgan fingerprint density at radius 2 is 1.71 bits per heavy atom. The number of rotatable bonds is 4. The molecule has 0 bridgehead atoms. The van der Waals surface area contributed by atoms with E-state index in [9.17, 15) is 4.57 Å². The topological polar surface area (TPSA) is 35.5 Å². The fraction of sp³-hybridized carbons (Fsp3) is 0.333. The molecule has 1 atom stereocenters. The van der Waals surface area contributed by atoms with Crippen molar-refractivity contribution in [3.8, 4) is 0 Å². The Balaban J connectivity index is 2.95. The molecule has 0 aliphatic heterocycles. The van der Waals surface area contributed by atoms with Gasteiger partial charge < -0.3 is 9.05 Å². The Kier molecular flexibility index (Phi) is 4.32. The van der Waals surface area contributed by atoms with E-state index < -0.39 is 12.2 Å². The minimum absolute atomic E-state index is 0.425. The van der Waals surface area contributed by atoms with Crippen LogP contribution in [0.2, 0.25) is 0 Å². The van der Waals surface area contributed by atoms with Crippen LogP contribution < -0.4 is 0 Å². The van der Waals surface area contributed by atoms with Gasteiger partial charge in [0.1, 0.15) is 4.57 Å². The average Bonchev–Trinajstić information content (AvgIpc) is 2.28. The summed E-state index contributed by atoms with van der Waals surface area (Å²) in [5, 5.41) is 0. The van der Waals surface area contributed by atoms with Gasteiger partial charge >= 0.3 is 7.60 Å². The smallest absolute Gasteiger partial charge is 0.311 e. The SMILES string of the molecule is COP(=O)(OC)C(Br)c1ccccc1. The average molecular weight is 279 g/mol. The second kappa shape index (κ2) is 5.08. The van der Waals surface area contributed by atoms with Crippen molar-refractivity contribution in [1.29, 1.82) is 0 Å². The van der Waals surface area contributed by atoms with E-state index in [2.05, 4.69) is 15.9 Å². The van der Waals surface area contributed by atoms with Crippen LogP contribution in [0.1, 0.15) is 10.1 Å². The van der Waals surface area contributed by atoms with Gasteiger partial charge in [-0.1, -0.05) is 46.3 Å². The number of halogens is 1. The first-order valence-electron chi connectivity index (χ1n) is 4.04. The van der Waals surface area contributed by atoms with E-state index in [1.54, 1.807) is 0 Å². The van der Waals surface area contributed by atoms with Gasteiger partial charge in [0.15, 0.2) is 0 Å². The second-order valence-electron chi connectivity index (χ2n) is 2.65. The molecular weight excluding hydrogens is 267 g/mol. The zero-order valence-electron chi connectivity index (χ0n) is 8.01. The lowest BCUT2D eigenvalue weighted by Gasteiger charge is -2.19. The minimum Gasteiger partial charge on any atom is -0.311 e. The first-order chi connectivity index (χ1) is 6.64. The maximum Gasteiger partial charge on any atom is 0.348 e. The van der Waals surface area contributed by atoms with Crippen molar-refractivity contribution in [1.82, 2.24) is 0 Å². The zero-order valence-corrected chi connectivity index (χ0v) is 10.5. The summed E-state index contributed by atoms with van der Waals surface area (Å²) in [5.41, 5.74) is 0.875. The van der Waals surface area contributed by atoms with Gasteiger partial charge in [0, 0.05) is 14.2 Å². The molecule has 0 fully saturated rings. The van der Waals surface area contributed by atoms with Crippen LogP contribution in [-0.4, -0.2) is 14.2 Å². The van der Waals surface area contributed by atoms with Crippen molar-refractivity contribution < 1.29 is 13.6 Å². The third kappa shape index (κ3) is 2.45. The lowest BCUT2D eigenvalue weighted by atomic mass is 10.2. The zero-order chi connectivity index (χ0) is 10.6. The molecule has 0 saturated carbocycles. The fourth-order valence-electron chi connectivity index (χ4n) is 1.05. The number of alkyl halides is 1. The van der Waals surface area contributed by atoms with Gasteiger partial charge in [-0.2, -0.15) is 0 Å². The Bertz CT molecular complexity index is 320. The summed E-state index contributed by atoms with van der Waals surface area (Å²) in [6.07, 6.45) is 0. The highest BCUT2D eigenvalue weighted by Gasteiger charge is 2.32. The molecule has 0 radical (unpaired) electrons. The summed E-state index contributed by atoms with van der Waals surface area (Å²) >= 11 is 3.32. The van der Waals surface area contributed by atoms with E-state index in [0.29, 0.717) is 0 Å². The van der Waals surface area contributed by atoms with E-state index in [1.807, 2.05) is 30.3 Å². The van der Waals surface area contributed by atoms with Crippen LogP contribution in [-0.2, 0) is 13.6 Å². The quantitative estimate of drug-likeness (QED) is 0.624. The molecule has 1 aromatic carbocycles. The predicted molar refractivity (Wildman–Crippen MR) is 59.7 cm³/mol. The molecule has 0 aliphatic carbocycles. The molecule has 0 N–H and O–H groups in total. The van der Waals surface area contributed by atoms with Crippen molar-refractivity contribution >= 4 is 23.5 Å². The van der Waals surface area contributed by atoms with Gasteiger partial charge in [0.25, 0.3) is 0 Å². The normalized spacial score (nSPS) is 13.9. The summed E-state index contributed by atoms with van der Waals surface area (Å²) in [4.78, 5) is 0.